The summed E-state index contributed by atoms with van der Waals surface area (Å²) in [4.78, 5) is 72.2. The first kappa shape index (κ1) is 83.1. The third-order valence-corrected chi connectivity index (χ3v) is 17.2. The predicted octanol–water partition coefficient (Wildman–Crippen LogP) is 18.6. The number of phosphoric acid groups is 2. The minimum atomic E-state index is -4.95. The Morgan fingerprint density at radius 3 is 0.800 bits per heavy atom. The number of phosphoric ester groups is 2. The molecule has 0 heterocycles. The first-order valence-corrected chi connectivity index (χ1v) is 37.6. The molecule has 19 heteroatoms. The van der Waals surface area contributed by atoms with E-state index in [0.717, 1.165) is 102 Å². The van der Waals surface area contributed by atoms with Crippen molar-refractivity contribution in [2.45, 2.75) is 355 Å². The van der Waals surface area contributed by atoms with Crippen molar-refractivity contribution in [3.8, 4) is 0 Å². The van der Waals surface area contributed by atoms with Crippen molar-refractivity contribution in [1.29, 1.82) is 0 Å². The summed E-state index contributed by atoms with van der Waals surface area (Å²) in [5.41, 5.74) is 0. The minimum absolute atomic E-state index is 0.106. The molecule has 2 unspecified atom stereocenters. The van der Waals surface area contributed by atoms with Crippen LogP contribution in [0.4, 0.5) is 0 Å². The molecule has 504 valence electrons. The Kier molecular flexibility index (Phi) is 58.3. The fourth-order valence-corrected chi connectivity index (χ4v) is 11.5. The molecule has 0 aromatic heterocycles. The summed E-state index contributed by atoms with van der Waals surface area (Å²) >= 11 is 0. The lowest BCUT2D eigenvalue weighted by atomic mass is 10.0. The van der Waals surface area contributed by atoms with E-state index in [2.05, 4.69) is 34.6 Å². The Morgan fingerprint density at radius 2 is 0.541 bits per heavy atom. The number of carbonyl (C=O) groups is 4. The Balaban J connectivity index is 5.20. The molecule has 0 fully saturated rings. The largest absolute Gasteiger partial charge is 0.472 e. The van der Waals surface area contributed by atoms with Crippen molar-refractivity contribution in [3.63, 3.8) is 0 Å². The molecule has 17 nitrogen and oxygen atoms in total. The molecule has 0 radical (unpaired) electrons. The van der Waals surface area contributed by atoms with Crippen LogP contribution in [0.3, 0.4) is 0 Å². The lowest BCUT2D eigenvalue weighted by Gasteiger charge is -2.21. The van der Waals surface area contributed by atoms with Gasteiger partial charge in [-0.05, 0) is 31.6 Å². The molecule has 0 aromatic carbocycles. The normalized spacial score (nSPS) is 14.2. The quantitative estimate of drug-likeness (QED) is 0.0222. The van der Waals surface area contributed by atoms with E-state index in [4.69, 9.17) is 37.0 Å². The Hall–Kier alpha value is -1.94. The topological polar surface area (TPSA) is 237 Å². The second kappa shape index (κ2) is 59.7. The van der Waals surface area contributed by atoms with Crippen LogP contribution in [0.2, 0.25) is 0 Å². The maximum atomic E-state index is 13.0. The molecular formula is C66H128O17P2. The van der Waals surface area contributed by atoms with Crippen molar-refractivity contribution >= 4 is 39.5 Å². The van der Waals surface area contributed by atoms with E-state index in [0.29, 0.717) is 25.7 Å². The summed E-state index contributed by atoms with van der Waals surface area (Å²) in [6.45, 7) is 7.19. The Labute approximate surface area is 517 Å². The molecule has 85 heavy (non-hydrogen) atoms. The maximum absolute atomic E-state index is 13.0. The van der Waals surface area contributed by atoms with Crippen molar-refractivity contribution in [2.75, 3.05) is 39.6 Å². The van der Waals surface area contributed by atoms with Gasteiger partial charge in [-0.3, -0.25) is 37.3 Å². The van der Waals surface area contributed by atoms with Gasteiger partial charge in [0.05, 0.1) is 26.4 Å². The molecule has 3 N–H and O–H groups in total. The molecule has 0 aliphatic rings. The first-order chi connectivity index (χ1) is 41.0. The van der Waals surface area contributed by atoms with Gasteiger partial charge < -0.3 is 33.8 Å². The maximum Gasteiger partial charge on any atom is 0.472 e. The SMILES string of the molecule is CCCCCCCCCCCCCCC(=O)OC[C@H](COP(=O)(O)OC[C@@H](O)COP(=O)(O)OC[C@@H](COC(=O)CCCCCCCCCC)OC(=O)CCCCCCCCCCC)OC(=O)CCCCCCCCCCCCCCCC(C)C. The average molecular weight is 1260 g/mol. The molecule has 0 bridgehead atoms. The minimum Gasteiger partial charge on any atom is -0.462 e. The summed E-state index contributed by atoms with van der Waals surface area (Å²) in [6.07, 6.45) is 44.4. The van der Waals surface area contributed by atoms with Gasteiger partial charge in [-0.25, -0.2) is 9.13 Å². The fourth-order valence-electron chi connectivity index (χ4n) is 9.94. The zero-order chi connectivity index (χ0) is 62.8. The van der Waals surface area contributed by atoms with Crippen LogP contribution < -0.4 is 0 Å². The van der Waals surface area contributed by atoms with Gasteiger partial charge in [0, 0.05) is 25.7 Å². The number of esters is 4. The van der Waals surface area contributed by atoms with Gasteiger partial charge in [-0.15, -0.1) is 0 Å². The fraction of sp³-hybridized carbons (Fsp3) is 0.939. The second-order valence-electron chi connectivity index (χ2n) is 24.3. The number of hydrogen-bond acceptors (Lipinski definition) is 15. The van der Waals surface area contributed by atoms with Gasteiger partial charge in [0.15, 0.2) is 12.2 Å². The molecule has 5 atom stereocenters. The molecule has 0 aromatic rings. The molecule has 0 saturated heterocycles. The standard InChI is InChI=1S/C66H128O17P2/c1-6-9-12-15-18-21-22-27-31-35-40-45-50-64(69)77-56-62(83-66(71)52-47-42-37-32-28-25-23-24-26-30-33-38-43-48-59(4)5)58-81-85(74,75)79-54-60(67)53-78-84(72,73)80-57-61(55-76-63(68)49-44-39-34-20-17-14-11-8-3)82-65(70)51-46-41-36-29-19-16-13-10-7-2/h59-62,67H,6-58H2,1-5H3,(H,72,73)(H,74,75)/t60-,61+,62+/m0/s1. The summed E-state index contributed by atoms with van der Waals surface area (Å²) in [5.74, 6) is -1.34. The van der Waals surface area contributed by atoms with Crippen molar-refractivity contribution in [3.05, 3.63) is 0 Å². The lowest BCUT2D eigenvalue weighted by Crippen LogP contribution is -2.30. The number of ether oxygens (including phenoxy) is 4. The molecule has 0 spiro atoms. The summed E-state index contributed by atoms with van der Waals surface area (Å²) < 4.78 is 68.0. The van der Waals surface area contributed by atoms with E-state index in [1.54, 1.807) is 0 Å². The highest BCUT2D eigenvalue weighted by Gasteiger charge is 2.30. The van der Waals surface area contributed by atoms with E-state index in [-0.39, 0.29) is 25.7 Å². The molecule has 0 aliphatic carbocycles. The van der Waals surface area contributed by atoms with Crippen LogP contribution in [0.15, 0.2) is 0 Å². The second-order valence-corrected chi connectivity index (χ2v) is 27.2. The third-order valence-electron chi connectivity index (χ3n) is 15.3. The van der Waals surface area contributed by atoms with Crippen molar-refractivity contribution < 1.29 is 80.2 Å². The van der Waals surface area contributed by atoms with Crippen LogP contribution in [-0.4, -0.2) is 96.7 Å². The van der Waals surface area contributed by atoms with Crippen molar-refractivity contribution in [1.82, 2.24) is 0 Å². The van der Waals surface area contributed by atoms with E-state index in [1.165, 1.54) is 154 Å². The summed E-state index contributed by atoms with van der Waals surface area (Å²) in [5, 5.41) is 10.5. The van der Waals surface area contributed by atoms with E-state index >= 15 is 0 Å². The van der Waals surface area contributed by atoms with Gasteiger partial charge in [0.25, 0.3) is 0 Å². The highest BCUT2D eigenvalue weighted by atomic mass is 31.2. The zero-order valence-corrected chi connectivity index (χ0v) is 56.5. The lowest BCUT2D eigenvalue weighted by molar-refractivity contribution is -0.161. The number of aliphatic hydroxyl groups excluding tert-OH is 1. The van der Waals surface area contributed by atoms with Crippen LogP contribution in [0.25, 0.3) is 0 Å². The highest BCUT2D eigenvalue weighted by Crippen LogP contribution is 2.45. The van der Waals surface area contributed by atoms with Crippen LogP contribution >= 0.6 is 15.6 Å². The smallest absolute Gasteiger partial charge is 0.462 e. The Morgan fingerprint density at radius 1 is 0.318 bits per heavy atom. The molecule has 0 saturated carbocycles. The number of carbonyl (C=O) groups excluding carboxylic acids is 4. The summed E-state index contributed by atoms with van der Waals surface area (Å²) in [7, 11) is -9.88. The van der Waals surface area contributed by atoms with Crippen LogP contribution in [0.5, 0.6) is 0 Å². The number of rotatable bonds is 66. The van der Waals surface area contributed by atoms with Crippen molar-refractivity contribution in [2.24, 2.45) is 5.92 Å². The molecule has 0 rings (SSSR count). The number of hydrogen-bond donors (Lipinski definition) is 3. The molecular weight excluding hydrogens is 1130 g/mol. The zero-order valence-electron chi connectivity index (χ0n) is 54.7. The van der Waals surface area contributed by atoms with Crippen LogP contribution in [0.1, 0.15) is 336 Å². The van der Waals surface area contributed by atoms with Gasteiger partial charge in [0.1, 0.15) is 19.3 Å². The van der Waals surface area contributed by atoms with Gasteiger partial charge in [0.2, 0.25) is 0 Å². The molecule has 0 amide bonds. The third kappa shape index (κ3) is 60.7. The van der Waals surface area contributed by atoms with Gasteiger partial charge in [-0.1, -0.05) is 285 Å². The Bertz CT molecular complexity index is 1650. The monoisotopic (exact) mass is 1250 g/mol. The average Bonchev–Trinajstić information content (AvgIpc) is 3.48. The highest BCUT2D eigenvalue weighted by molar-refractivity contribution is 7.47. The number of unbranched alkanes of at least 4 members (excludes halogenated alkanes) is 38. The van der Waals surface area contributed by atoms with Gasteiger partial charge in [-0.2, -0.15) is 0 Å². The van der Waals surface area contributed by atoms with E-state index in [1.807, 2.05) is 0 Å². The predicted molar refractivity (Wildman–Crippen MR) is 340 cm³/mol. The van der Waals surface area contributed by atoms with E-state index < -0.39 is 97.5 Å². The summed E-state index contributed by atoms with van der Waals surface area (Å²) in [6, 6.07) is 0. The first-order valence-electron chi connectivity index (χ1n) is 34.6. The van der Waals surface area contributed by atoms with Crippen LogP contribution in [-0.2, 0) is 65.4 Å². The van der Waals surface area contributed by atoms with E-state index in [9.17, 15) is 43.2 Å². The van der Waals surface area contributed by atoms with Crippen LogP contribution in [0, 0.1) is 5.92 Å². The molecule has 0 aliphatic heterocycles. The van der Waals surface area contributed by atoms with Gasteiger partial charge >= 0.3 is 39.5 Å². The number of aliphatic hydroxyl groups is 1.